The Morgan fingerprint density at radius 1 is 1.12 bits per heavy atom. The zero-order valence-electron chi connectivity index (χ0n) is 8.23. The van der Waals surface area contributed by atoms with Gasteiger partial charge in [-0.3, -0.25) is 4.79 Å². The van der Waals surface area contributed by atoms with Crippen LogP contribution in [0.3, 0.4) is 0 Å². The van der Waals surface area contributed by atoms with Crippen molar-refractivity contribution in [1.29, 1.82) is 0 Å². The van der Waals surface area contributed by atoms with E-state index in [1.165, 1.54) is 0 Å². The Bertz CT molecular complexity index is 314. The largest absolute Gasteiger partial charge is 0.463 e. The molecule has 92 valence electrons. The van der Waals surface area contributed by atoms with E-state index in [4.69, 9.17) is 0 Å². The molecular formula is C9H10F5NO. The van der Waals surface area contributed by atoms with E-state index in [1.807, 2.05) is 0 Å². The smallest absolute Gasteiger partial charge is 0.334 e. The van der Waals surface area contributed by atoms with Crippen LogP contribution in [0.5, 0.6) is 0 Å². The van der Waals surface area contributed by atoms with Gasteiger partial charge in [-0.2, -0.15) is 22.0 Å². The lowest BCUT2D eigenvalue weighted by Gasteiger charge is -2.30. The molecule has 2 aliphatic rings. The van der Waals surface area contributed by atoms with Crippen LogP contribution in [0.2, 0.25) is 0 Å². The third-order valence-corrected chi connectivity index (χ3v) is 3.29. The average molecular weight is 243 g/mol. The van der Waals surface area contributed by atoms with Crippen molar-refractivity contribution >= 4 is 5.91 Å². The number of halogens is 5. The van der Waals surface area contributed by atoms with Crippen molar-refractivity contribution in [3.8, 4) is 0 Å². The van der Waals surface area contributed by atoms with Crippen LogP contribution in [0.4, 0.5) is 22.0 Å². The Hall–Kier alpha value is -0.880. The van der Waals surface area contributed by atoms with Gasteiger partial charge in [0, 0.05) is 12.6 Å². The lowest BCUT2D eigenvalue weighted by Crippen LogP contribution is -2.54. The number of piperidine rings is 1. The minimum atomic E-state index is -5.80. The molecule has 1 aliphatic heterocycles. The number of carbonyl (C=O) groups excluding carboxylic acids is 1. The summed E-state index contributed by atoms with van der Waals surface area (Å²) < 4.78 is 61.5. The number of carbonyl (C=O) groups is 1. The summed E-state index contributed by atoms with van der Waals surface area (Å²) in [5.41, 5.74) is 0. The third kappa shape index (κ3) is 1.56. The van der Waals surface area contributed by atoms with E-state index >= 15 is 0 Å². The SMILES string of the molecule is O=C(N1CC2CCC1C2)C(F)(F)C(F)(F)F. The van der Waals surface area contributed by atoms with Gasteiger partial charge in [-0.25, -0.2) is 0 Å². The minimum Gasteiger partial charge on any atom is -0.334 e. The maximum absolute atomic E-state index is 12.8. The van der Waals surface area contributed by atoms with Crippen LogP contribution in [0.1, 0.15) is 19.3 Å². The molecule has 16 heavy (non-hydrogen) atoms. The zero-order chi connectivity index (χ0) is 12.1. The number of alkyl halides is 5. The minimum absolute atomic E-state index is 0.0369. The number of likely N-dealkylation sites (tertiary alicyclic amines) is 1. The van der Waals surface area contributed by atoms with E-state index in [-0.39, 0.29) is 12.5 Å². The molecule has 1 saturated carbocycles. The summed E-state index contributed by atoms with van der Waals surface area (Å²) in [4.78, 5) is 11.9. The third-order valence-electron chi connectivity index (χ3n) is 3.29. The van der Waals surface area contributed by atoms with Crippen LogP contribution in [-0.4, -0.2) is 35.5 Å². The molecule has 0 aromatic carbocycles. The molecule has 0 aromatic rings. The second-order valence-corrected chi connectivity index (χ2v) is 4.36. The van der Waals surface area contributed by atoms with Gasteiger partial charge in [-0.05, 0) is 25.2 Å². The Labute approximate surface area is 88.4 Å². The van der Waals surface area contributed by atoms with Gasteiger partial charge < -0.3 is 4.90 Å². The van der Waals surface area contributed by atoms with Crippen LogP contribution >= 0.6 is 0 Å². The Balaban J connectivity index is 2.14. The van der Waals surface area contributed by atoms with Crippen molar-refractivity contribution in [3.05, 3.63) is 0 Å². The number of amides is 1. The first-order valence-electron chi connectivity index (χ1n) is 4.99. The summed E-state index contributed by atoms with van der Waals surface area (Å²) in [7, 11) is 0. The summed E-state index contributed by atoms with van der Waals surface area (Å²) in [6.45, 7) is 0.0369. The Morgan fingerprint density at radius 3 is 2.12 bits per heavy atom. The predicted octanol–water partition coefficient (Wildman–Crippen LogP) is 2.19. The van der Waals surface area contributed by atoms with Crippen LogP contribution in [0.25, 0.3) is 0 Å². The average Bonchev–Trinajstić information content (AvgIpc) is 2.75. The highest BCUT2D eigenvalue weighted by atomic mass is 19.4. The standard InChI is InChI=1S/C9H10F5NO/c10-8(11,9(12,13)14)7(16)15-4-5-1-2-6(15)3-5/h5-6H,1-4H2. The van der Waals surface area contributed by atoms with Crippen LogP contribution in [-0.2, 0) is 4.79 Å². The van der Waals surface area contributed by atoms with E-state index in [0.717, 1.165) is 6.42 Å². The van der Waals surface area contributed by atoms with Gasteiger partial charge in [0.2, 0.25) is 0 Å². The van der Waals surface area contributed by atoms with Crippen LogP contribution in [0.15, 0.2) is 0 Å². The second kappa shape index (κ2) is 3.30. The van der Waals surface area contributed by atoms with Gasteiger partial charge in [0.05, 0.1) is 0 Å². The van der Waals surface area contributed by atoms with E-state index in [9.17, 15) is 26.7 Å². The topological polar surface area (TPSA) is 20.3 Å². The van der Waals surface area contributed by atoms with Gasteiger partial charge in [-0.15, -0.1) is 0 Å². The summed E-state index contributed by atoms with van der Waals surface area (Å²) in [6, 6.07) is -0.425. The first-order valence-corrected chi connectivity index (χ1v) is 4.99. The Morgan fingerprint density at radius 2 is 1.75 bits per heavy atom. The summed E-state index contributed by atoms with van der Waals surface area (Å²) in [5, 5.41) is 0. The van der Waals surface area contributed by atoms with Crippen molar-refractivity contribution in [2.24, 2.45) is 5.92 Å². The van der Waals surface area contributed by atoms with Crippen molar-refractivity contribution in [2.75, 3.05) is 6.54 Å². The molecule has 0 N–H and O–H groups in total. The molecule has 2 bridgehead atoms. The summed E-state index contributed by atoms with van der Waals surface area (Å²) in [6.07, 6.45) is -3.90. The highest BCUT2D eigenvalue weighted by Crippen LogP contribution is 2.43. The number of nitrogens with zero attached hydrogens (tertiary/aromatic N) is 1. The van der Waals surface area contributed by atoms with Gasteiger partial charge in [-0.1, -0.05) is 0 Å². The van der Waals surface area contributed by atoms with Crippen molar-refractivity contribution in [1.82, 2.24) is 4.90 Å². The van der Waals surface area contributed by atoms with Crippen molar-refractivity contribution in [2.45, 2.75) is 37.4 Å². The first-order chi connectivity index (χ1) is 7.23. The maximum atomic E-state index is 12.8. The molecule has 1 saturated heterocycles. The molecule has 0 aromatic heterocycles. The van der Waals surface area contributed by atoms with Crippen LogP contribution in [0, 0.1) is 5.92 Å². The van der Waals surface area contributed by atoms with Gasteiger partial charge in [0.1, 0.15) is 0 Å². The van der Waals surface area contributed by atoms with Gasteiger partial charge >= 0.3 is 18.0 Å². The van der Waals surface area contributed by atoms with Gasteiger partial charge in [0.15, 0.2) is 0 Å². The molecule has 1 heterocycles. The monoisotopic (exact) mass is 243 g/mol. The molecule has 2 unspecified atom stereocenters. The van der Waals surface area contributed by atoms with Gasteiger partial charge in [0.25, 0.3) is 0 Å². The maximum Gasteiger partial charge on any atom is 0.463 e. The Kier molecular flexibility index (Phi) is 2.40. The predicted molar refractivity (Wildman–Crippen MR) is 43.8 cm³/mol. The quantitative estimate of drug-likeness (QED) is 0.646. The normalized spacial score (nSPS) is 29.9. The molecular weight excluding hydrogens is 233 g/mol. The molecule has 2 rings (SSSR count). The van der Waals surface area contributed by atoms with E-state index < -0.39 is 24.0 Å². The number of fused-ring (bicyclic) bond motifs is 2. The molecule has 0 spiro atoms. The summed E-state index contributed by atoms with van der Waals surface area (Å²) in [5.74, 6) is -7.25. The molecule has 7 heteroatoms. The fourth-order valence-electron chi connectivity index (χ4n) is 2.48. The highest BCUT2D eigenvalue weighted by Gasteiger charge is 2.66. The number of rotatable bonds is 1. The van der Waals surface area contributed by atoms with Crippen molar-refractivity contribution < 1.29 is 26.7 Å². The molecule has 2 fully saturated rings. The molecule has 1 amide bonds. The fraction of sp³-hybridized carbons (Fsp3) is 0.889. The summed E-state index contributed by atoms with van der Waals surface area (Å²) >= 11 is 0. The van der Waals surface area contributed by atoms with E-state index in [1.54, 1.807) is 0 Å². The zero-order valence-corrected chi connectivity index (χ0v) is 8.23. The van der Waals surface area contributed by atoms with E-state index in [2.05, 4.69) is 0 Å². The molecule has 2 atom stereocenters. The molecule has 1 aliphatic carbocycles. The van der Waals surface area contributed by atoms with Crippen LogP contribution < -0.4 is 0 Å². The number of hydrogen-bond acceptors (Lipinski definition) is 1. The lowest BCUT2D eigenvalue weighted by atomic mass is 10.1. The van der Waals surface area contributed by atoms with E-state index in [0.29, 0.717) is 17.7 Å². The molecule has 0 radical (unpaired) electrons. The number of hydrogen-bond donors (Lipinski definition) is 0. The second-order valence-electron chi connectivity index (χ2n) is 4.36. The molecule has 2 nitrogen and oxygen atoms in total. The van der Waals surface area contributed by atoms with Crippen molar-refractivity contribution in [3.63, 3.8) is 0 Å². The lowest BCUT2D eigenvalue weighted by molar-refractivity contribution is -0.275. The fourth-order valence-corrected chi connectivity index (χ4v) is 2.48. The highest BCUT2D eigenvalue weighted by molar-refractivity contribution is 5.85. The first kappa shape index (κ1) is 11.6.